The van der Waals surface area contributed by atoms with Crippen LogP contribution in [-0.4, -0.2) is 19.3 Å². The van der Waals surface area contributed by atoms with Gasteiger partial charge >= 0.3 is 0 Å². The van der Waals surface area contributed by atoms with Crippen LogP contribution in [0.25, 0.3) is 0 Å². The van der Waals surface area contributed by atoms with E-state index in [1.165, 1.54) is 11.1 Å². The van der Waals surface area contributed by atoms with Gasteiger partial charge in [-0.1, -0.05) is 18.2 Å². The van der Waals surface area contributed by atoms with Crippen LogP contribution in [0.2, 0.25) is 0 Å². The summed E-state index contributed by atoms with van der Waals surface area (Å²) in [6.45, 7) is 8.26. The molecular weight excluding hydrogens is 302 g/mol. The number of ether oxygens (including phenoxy) is 3. The van der Waals surface area contributed by atoms with Gasteiger partial charge in [0.1, 0.15) is 19.0 Å². The van der Waals surface area contributed by atoms with Crippen molar-refractivity contribution in [2.24, 2.45) is 0 Å². The molecule has 1 N–H and O–H groups in total. The lowest BCUT2D eigenvalue weighted by Gasteiger charge is -2.21. The Morgan fingerprint density at radius 1 is 0.958 bits per heavy atom. The first-order chi connectivity index (χ1) is 11.6. The van der Waals surface area contributed by atoms with Gasteiger partial charge in [-0.25, -0.2) is 0 Å². The maximum Gasteiger partial charge on any atom is 0.161 e. The highest BCUT2D eigenvalue weighted by Gasteiger charge is 2.14. The van der Waals surface area contributed by atoms with Crippen molar-refractivity contribution in [3.05, 3.63) is 53.6 Å². The minimum atomic E-state index is 0.198. The molecule has 0 bridgehead atoms. The Labute approximate surface area is 143 Å². The predicted molar refractivity (Wildman–Crippen MR) is 94.9 cm³/mol. The smallest absolute Gasteiger partial charge is 0.161 e. The highest BCUT2D eigenvalue weighted by atomic mass is 16.6. The van der Waals surface area contributed by atoms with Crippen LogP contribution < -0.4 is 19.5 Å². The van der Waals surface area contributed by atoms with E-state index in [-0.39, 0.29) is 12.1 Å². The number of rotatable bonds is 6. The first-order valence-corrected chi connectivity index (χ1v) is 8.50. The van der Waals surface area contributed by atoms with Crippen molar-refractivity contribution >= 4 is 0 Å². The fraction of sp³-hybridized carbons (Fsp3) is 0.400. The summed E-state index contributed by atoms with van der Waals surface area (Å²) in [4.78, 5) is 0. The van der Waals surface area contributed by atoms with E-state index >= 15 is 0 Å². The quantitative estimate of drug-likeness (QED) is 0.867. The zero-order valence-corrected chi connectivity index (χ0v) is 14.5. The summed E-state index contributed by atoms with van der Waals surface area (Å²) >= 11 is 0. The first-order valence-electron chi connectivity index (χ1n) is 8.50. The van der Waals surface area contributed by atoms with E-state index in [1.807, 2.05) is 32.0 Å². The van der Waals surface area contributed by atoms with Gasteiger partial charge in [0.25, 0.3) is 0 Å². The van der Waals surface area contributed by atoms with Crippen LogP contribution in [-0.2, 0) is 6.54 Å². The van der Waals surface area contributed by atoms with Crippen molar-refractivity contribution < 1.29 is 14.2 Å². The number of hydrogen-bond donors (Lipinski definition) is 1. The van der Waals surface area contributed by atoms with Gasteiger partial charge in [0.05, 0.1) is 6.10 Å². The third-order valence-electron chi connectivity index (χ3n) is 3.97. The maximum absolute atomic E-state index is 5.67. The normalized spacial score (nSPS) is 14.5. The lowest BCUT2D eigenvalue weighted by Crippen LogP contribution is -2.19. The van der Waals surface area contributed by atoms with Crippen LogP contribution in [0.4, 0.5) is 0 Å². The largest absolute Gasteiger partial charge is 0.491 e. The zero-order chi connectivity index (χ0) is 16.9. The molecule has 0 spiro atoms. The van der Waals surface area contributed by atoms with Crippen molar-refractivity contribution in [1.29, 1.82) is 0 Å². The fourth-order valence-electron chi connectivity index (χ4n) is 2.68. The van der Waals surface area contributed by atoms with Crippen molar-refractivity contribution in [1.82, 2.24) is 5.32 Å². The molecule has 0 amide bonds. The second kappa shape index (κ2) is 7.58. The third kappa shape index (κ3) is 4.20. The van der Waals surface area contributed by atoms with Gasteiger partial charge in [-0.3, -0.25) is 0 Å². The molecule has 0 saturated carbocycles. The van der Waals surface area contributed by atoms with E-state index in [2.05, 4.69) is 36.5 Å². The molecule has 24 heavy (non-hydrogen) atoms. The monoisotopic (exact) mass is 327 g/mol. The van der Waals surface area contributed by atoms with E-state index in [4.69, 9.17) is 14.2 Å². The van der Waals surface area contributed by atoms with Crippen molar-refractivity contribution in [2.45, 2.75) is 39.5 Å². The summed E-state index contributed by atoms with van der Waals surface area (Å²) in [5.74, 6) is 2.58. The summed E-state index contributed by atoms with van der Waals surface area (Å²) < 4.78 is 16.9. The molecule has 1 aliphatic heterocycles. The number of nitrogens with one attached hydrogen (secondary N) is 1. The average molecular weight is 327 g/mol. The highest BCUT2D eigenvalue weighted by Crippen LogP contribution is 2.32. The standard InChI is InChI=1S/C20H25NO3/c1-14(2)24-18-7-4-16(5-8-18)13-21-15(3)17-6-9-19-20(12-17)23-11-10-22-19/h4-9,12,14-15,21H,10-11,13H2,1-3H3. The fourth-order valence-corrected chi connectivity index (χ4v) is 2.68. The Morgan fingerprint density at radius 2 is 1.67 bits per heavy atom. The molecular formula is C20H25NO3. The molecule has 128 valence electrons. The Hall–Kier alpha value is -2.20. The molecule has 2 aromatic rings. The van der Waals surface area contributed by atoms with Gasteiger partial charge in [-0.2, -0.15) is 0 Å². The summed E-state index contributed by atoms with van der Waals surface area (Å²) in [5, 5.41) is 3.55. The maximum atomic E-state index is 5.67. The first kappa shape index (κ1) is 16.7. The molecule has 0 aliphatic carbocycles. The molecule has 1 heterocycles. The molecule has 4 heteroatoms. The number of benzene rings is 2. The van der Waals surface area contributed by atoms with Crippen LogP contribution in [0.5, 0.6) is 17.2 Å². The third-order valence-corrected chi connectivity index (χ3v) is 3.97. The van der Waals surface area contributed by atoms with Crippen molar-refractivity contribution in [2.75, 3.05) is 13.2 Å². The van der Waals surface area contributed by atoms with E-state index in [9.17, 15) is 0 Å². The Balaban J connectivity index is 1.58. The highest BCUT2D eigenvalue weighted by molar-refractivity contribution is 5.44. The number of fused-ring (bicyclic) bond motifs is 1. The second-order valence-corrected chi connectivity index (χ2v) is 6.32. The molecule has 1 aliphatic rings. The second-order valence-electron chi connectivity index (χ2n) is 6.32. The molecule has 2 aromatic carbocycles. The average Bonchev–Trinajstić information content (AvgIpc) is 2.60. The molecule has 1 atom stereocenters. The van der Waals surface area contributed by atoms with Crippen molar-refractivity contribution in [3.63, 3.8) is 0 Å². The van der Waals surface area contributed by atoms with Crippen molar-refractivity contribution in [3.8, 4) is 17.2 Å². The van der Waals surface area contributed by atoms with Gasteiger partial charge in [0.2, 0.25) is 0 Å². The number of hydrogen-bond acceptors (Lipinski definition) is 4. The van der Waals surface area contributed by atoms with Gasteiger partial charge in [-0.05, 0) is 56.2 Å². The lowest BCUT2D eigenvalue weighted by atomic mass is 10.1. The molecule has 0 fully saturated rings. The minimum absolute atomic E-state index is 0.198. The van der Waals surface area contributed by atoms with Crippen LogP contribution in [0, 0.1) is 0 Å². The van der Waals surface area contributed by atoms with Gasteiger partial charge in [0, 0.05) is 12.6 Å². The van der Waals surface area contributed by atoms with Crippen LogP contribution >= 0.6 is 0 Å². The minimum Gasteiger partial charge on any atom is -0.491 e. The van der Waals surface area contributed by atoms with Crippen LogP contribution in [0.1, 0.15) is 37.9 Å². The van der Waals surface area contributed by atoms with Gasteiger partial charge in [0.15, 0.2) is 11.5 Å². The molecule has 4 nitrogen and oxygen atoms in total. The summed E-state index contributed by atoms with van der Waals surface area (Å²) in [5.41, 5.74) is 2.43. The SMILES string of the molecule is CC(C)Oc1ccc(CNC(C)c2ccc3c(c2)OCCO3)cc1. The van der Waals surface area contributed by atoms with E-state index < -0.39 is 0 Å². The van der Waals surface area contributed by atoms with Crippen LogP contribution in [0.15, 0.2) is 42.5 Å². The van der Waals surface area contributed by atoms with Gasteiger partial charge in [-0.15, -0.1) is 0 Å². The Kier molecular flexibility index (Phi) is 5.26. The molecule has 1 unspecified atom stereocenters. The molecule has 3 rings (SSSR count). The van der Waals surface area contributed by atoms with E-state index in [0.717, 1.165) is 23.8 Å². The Bertz CT molecular complexity index is 667. The van der Waals surface area contributed by atoms with E-state index in [1.54, 1.807) is 0 Å². The van der Waals surface area contributed by atoms with Crippen LogP contribution in [0.3, 0.4) is 0 Å². The molecule has 0 radical (unpaired) electrons. The lowest BCUT2D eigenvalue weighted by molar-refractivity contribution is 0.171. The molecule has 0 aromatic heterocycles. The summed E-state index contributed by atoms with van der Waals surface area (Å²) in [6, 6.07) is 14.6. The topological polar surface area (TPSA) is 39.7 Å². The predicted octanol–water partition coefficient (Wildman–Crippen LogP) is 4.10. The zero-order valence-electron chi connectivity index (χ0n) is 14.5. The summed E-state index contributed by atoms with van der Waals surface area (Å²) in [7, 11) is 0. The van der Waals surface area contributed by atoms with Gasteiger partial charge < -0.3 is 19.5 Å². The Morgan fingerprint density at radius 3 is 2.38 bits per heavy atom. The summed E-state index contributed by atoms with van der Waals surface area (Å²) in [6.07, 6.45) is 0.198. The molecule has 0 saturated heterocycles. The van der Waals surface area contributed by atoms with E-state index in [0.29, 0.717) is 13.2 Å².